The number of nitrogens with zero attached hydrogens (tertiary/aromatic N) is 2. The Morgan fingerprint density at radius 1 is 0.583 bits per heavy atom. The molecule has 4 aromatic carbocycles. The number of aliphatic carboxylic acids is 1. The summed E-state index contributed by atoms with van der Waals surface area (Å²) in [4.78, 5) is 9.39. The fourth-order valence-electron chi connectivity index (χ4n) is 10.6. The second-order valence-corrected chi connectivity index (χ2v) is 26.9. The normalized spacial score (nSPS) is 18.3. The van der Waals surface area contributed by atoms with Crippen LogP contribution in [0, 0.1) is 0 Å². The zero-order valence-corrected chi connectivity index (χ0v) is 49.9. The minimum absolute atomic E-state index is 0. The molecule has 2 unspecified atom stereocenters. The summed E-state index contributed by atoms with van der Waals surface area (Å²) in [6.07, 6.45) is 12.5. The average molecular weight is 1270 g/mol. The molecule has 0 radical (unpaired) electrons. The van der Waals surface area contributed by atoms with Crippen molar-refractivity contribution in [2.45, 2.75) is 96.6 Å². The Labute approximate surface area is 490 Å². The van der Waals surface area contributed by atoms with Crippen molar-refractivity contribution in [1.82, 2.24) is 0 Å². The second kappa shape index (κ2) is 28.9. The van der Waals surface area contributed by atoms with E-state index < -0.39 is 92.7 Å². The molecule has 0 saturated heterocycles. The predicted octanol–water partition coefficient (Wildman–Crippen LogP) is 5.64. The molecule has 0 bridgehead atoms. The highest BCUT2D eigenvalue weighted by molar-refractivity contribution is 7.87. The molecule has 0 aliphatic carbocycles. The van der Waals surface area contributed by atoms with Crippen molar-refractivity contribution in [3.63, 3.8) is 0 Å². The Hall–Kier alpha value is -5.35. The monoisotopic (exact) mass is 1270 g/mol. The lowest BCUT2D eigenvalue weighted by molar-refractivity contribution is -0.438. The second-order valence-electron chi connectivity index (χ2n) is 19.9. The van der Waals surface area contributed by atoms with E-state index in [1.165, 1.54) is 25.3 Å². The van der Waals surface area contributed by atoms with E-state index in [1.54, 1.807) is 67.2 Å². The van der Waals surface area contributed by atoms with Crippen LogP contribution in [0.4, 0.5) is 11.4 Å². The Morgan fingerprint density at radius 3 is 1.64 bits per heavy atom. The number of hydrogen-bond donors (Lipinski definition) is 1. The summed E-state index contributed by atoms with van der Waals surface area (Å²) in [5.41, 5.74) is 0.00786. The Morgan fingerprint density at radius 2 is 1.11 bits per heavy atom. The SMILES string of the molecule is C.COCCOCCOCCOCCC1(C)C(=CC=CC=CC=CC2=[N+](CCCCCC(=O)O)c3ccc4c(S(=O)(=O)[O-])cc(S(=O)(=O)[O-])cc4c3C2(C)CCCS(=O)(=O)[O-])N(CCOC)c2ccc3c(S(=O)(=O)[O-])cc(S(=O)(=O)[O-])cc3c21. The summed E-state index contributed by atoms with van der Waals surface area (Å²) in [6, 6.07) is 8.78. The molecule has 2 aliphatic heterocycles. The maximum absolute atomic E-state index is 12.7. The van der Waals surface area contributed by atoms with Gasteiger partial charge in [0.25, 0.3) is 0 Å². The quantitative estimate of drug-likeness (QED) is 0.0261. The number of fused-ring (bicyclic) bond motifs is 6. The van der Waals surface area contributed by atoms with Crippen LogP contribution in [0.1, 0.15) is 77.3 Å². The third-order valence-corrected chi connectivity index (χ3v) is 18.5. The molecule has 2 heterocycles. The van der Waals surface area contributed by atoms with Crippen LogP contribution in [0.5, 0.6) is 0 Å². The number of carboxylic acid groups (broad SMARTS) is 1. The molecule has 2 atom stereocenters. The van der Waals surface area contributed by atoms with Crippen LogP contribution in [-0.2, 0) is 89.9 Å². The van der Waals surface area contributed by atoms with E-state index in [9.17, 15) is 74.8 Å². The number of unbranched alkanes of at least 4 members (excludes halogenated alkanes) is 2. The Bertz CT molecular complexity index is 3820. The van der Waals surface area contributed by atoms with Gasteiger partial charge in [-0.25, -0.2) is 42.1 Å². The lowest BCUT2D eigenvalue weighted by Crippen LogP contribution is -2.32. The van der Waals surface area contributed by atoms with Crippen LogP contribution >= 0.6 is 0 Å². The molecule has 4 aromatic rings. The predicted molar refractivity (Wildman–Crippen MR) is 305 cm³/mol. The van der Waals surface area contributed by atoms with E-state index in [1.807, 2.05) is 11.8 Å². The van der Waals surface area contributed by atoms with Gasteiger partial charge >= 0.3 is 5.97 Å². The number of hydrogen-bond acceptors (Lipinski definition) is 22. The number of carboxylic acids is 1. The van der Waals surface area contributed by atoms with Crippen LogP contribution in [0.3, 0.4) is 0 Å². The molecular weight excluding hydrogens is 1200 g/mol. The number of rotatable bonds is 33. The molecule has 84 heavy (non-hydrogen) atoms. The average Bonchev–Trinajstić information content (AvgIpc) is 1.56. The molecule has 0 fully saturated rings. The molecule has 0 amide bonds. The first kappa shape index (κ1) is 69.4. The van der Waals surface area contributed by atoms with E-state index in [4.69, 9.17) is 23.7 Å². The van der Waals surface area contributed by atoms with E-state index >= 15 is 0 Å². The molecule has 6 rings (SSSR count). The van der Waals surface area contributed by atoms with Crippen molar-refractivity contribution in [2.75, 3.05) is 90.8 Å². The van der Waals surface area contributed by atoms with Crippen molar-refractivity contribution in [2.24, 2.45) is 0 Å². The maximum atomic E-state index is 12.7. The number of methoxy groups -OCH3 is 2. The summed E-state index contributed by atoms with van der Waals surface area (Å²) in [5.74, 6) is -1.83. The minimum Gasteiger partial charge on any atom is -0.748 e. The minimum atomic E-state index is -5.41. The third-order valence-electron chi connectivity index (χ3n) is 14.3. The van der Waals surface area contributed by atoms with Gasteiger partial charge in [-0.3, -0.25) is 4.79 Å². The van der Waals surface area contributed by atoms with Crippen LogP contribution in [0.2, 0.25) is 0 Å². The van der Waals surface area contributed by atoms with Gasteiger partial charge in [0.2, 0.25) is 5.69 Å². The molecular formula is C55H68N2O22S5-4. The van der Waals surface area contributed by atoms with Crippen molar-refractivity contribution >= 4 is 95.2 Å². The smallest absolute Gasteiger partial charge is 0.303 e. The summed E-state index contributed by atoms with van der Waals surface area (Å²) < 4.78 is 216. The Kier molecular flexibility index (Phi) is 23.9. The standard InChI is InChI=1S/C54H68N2O22S5.CH4/c1-53(21-13-33-79(59,60)61)48(55(23-12-8-11-16-50(57)58)44-19-17-40-42(51(44)53)34-38(80(62,63)64)36-46(40)82(68,69)70)14-9-6-5-7-10-15-49-54(2,22-25-76-29-30-78-32-31-77-28-27-75-4)52-43-35-39(81(65,66)67)37-47(83(71,72)73)41(43)18-20-45(52)56(49)24-26-74-3;/h5-7,9-10,14-15,17-20,34-37H,8,11-13,16,21-33H2,1-4H3,(H5-,57,58,59,60,61,62,63,64,65,66,67,68,69,70,71,72,73);1H4/p-4. The van der Waals surface area contributed by atoms with Crippen molar-refractivity contribution in [3.8, 4) is 0 Å². The fourth-order valence-corrected chi connectivity index (χ4v) is 13.8. The van der Waals surface area contributed by atoms with E-state index in [0.29, 0.717) is 79.6 Å². The summed E-state index contributed by atoms with van der Waals surface area (Å²) in [7, 11) is -23.2. The molecule has 0 saturated carbocycles. The zero-order valence-electron chi connectivity index (χ0n) is 45.8. The molecule has 0 spiro atoms. The highest BCUT2D eigenvalue weighted by Crippen LogP contribution is 2.54. The van der Waals surface area contributed by atoms with Gasteiger partial charge in [-0.05, 0) is 110 Å². The lowest BCUT2D eigenvalue weighted by atomic mass is 9.74. The largest absolute Gasteiger partial charge is 0.748 e. The fraction of sp³-hybridized carbons (Fsp3) is 0.455. The van der Waals surface area contributed by atoms with Crippen LogP contribution in [0.25, 0.3) is 21.5 Å². The van der Waals surface area contributed by atoms with Crippen molar-refractivity contribution in [1.29, 1.82) is 0 Å². The zero-order chi connectivity index (χ0) is 61.2. The number of allylic oxidation sites excluding steroid dienone is 8. The van der Waals surface area contributed by atoms with Gasteiger partial charge in [0.15, 0.2) is 5.71 Å². The number of ether oxygens (including phenoxy) is 5. The number of carbonyl (C=O) groups is 1. The van der Waals surface area contributed by atoms with E-state index in [-0.39, 0.29) is 106 Å². The van der Waals surface area contributed by atoms with Crippen molar-refractivity contribution in [3.05, 3.63) is 108 Å². The maximum Gasteiger partial charge on any atom is 0.303 e. The molecule has 29 heteroatoms. The Balaban J connectivity index is 0.0000129. The third kappa shape index (κ3) is 17.0. The molecule has 24 nitrogen and oxygen atoms in total. The van der Waals surface area contributed by atoms with Gasteiger partial charge in [0.1, 0.15) is 47.0 Å². The summed E-state index contributed by atoms with van der Waals surface area (Å²) in [6.45, 7) is 5.93. The van der Waals surface area contributed by atoms with Gasteiger partial charge in [-0.1, -0.05) is 43.9 Å². The first-order valence-corrected chi connectivity index (χ1v) is 33.2. The first-order valence-electron chi connectivity index (χ1n) is 26.0. The van der Waals surface area contributed by atoms with Gasteiger partial charge in [-0.15, -0.1) is 0 Å². The molecule has 1 N–H and O–H groups in total. The van der Waals surface area contributed by atoms with E-state index in [0.717, 1.165) is 12.1 Å². The van der Waals surface area contributed by atoms with Crippen LogP contribution in [-0.4, -0.2) is 172 Å². The number of benzene rings is 4. The molecule has 0 aromatic heterocycles. The van der Waals surface area contributed by atoms with E-state index in [2.05, 4.69) is 0 Å². The molecule has 2 aliphatic rings. The highest BCUT2D eigenvalue weighted by Gasteiger charge is 2.49. The lowest BCUT2D eigenvalue weighted by Gasteiger charge is -2.31. The topological polar surface area (TPSA) is 376 Å². The van der Waals surface area contributed by atoms with Crippen LogP contribution < -0.4 is 4.90 Å². The van der Waals surface area contributed by atoms with Gasteiger partial charge < -0.3 is 56.5 Å². The first-order chi connectivity index (χ1) is 38.9. The summed E-state index contributed by atoms with van der Waals surface area (Å²) >= 11 is 0. The van der Waals surface area contributed by atoms with Gasteiger partial charge in [0, 0.05) is 85.9 Å². The number of anilines is 1. The summed E-state index contributed by atoms with van der Waals surface area (Å²) in [5, 5.41) is 8.86. The molecule has 464 valence electrons. The highest BCUT2D eigenvalue weighted by atomic mass is 32.2. The van der Waals surface area contributed by atoms with Crippen molar-refractivity contribution < 1.29 is 103 Å². The van der Waals surface area contributed by atoms with Crippen LogP contribution in [0.15, 0.2) is 116 Å². The van der Waals surface area contributed by atoms with Gasteiger partial charge in [0.05, 0.1) is 81.4 Å². The van der Waals surface area contributed by atoms with Gasteiger partial charge in [-0.2, -0.15) is 4.58 Å².